The molecule has 0 unspecified atom stereocenters. The molecule has 0 aliphatic heterocycles. The van der Waals surface area contributed by atoms with E-state index >= 15 is 0 Å². The Morgan fingerprint density at radius 2 is 1.67 bits per heavy atom. The lowest BCUT2D eigenvalue weighted by molar-refractivity contribution is 0.288. The van der Waals surface area contributed by atoms with E-state index in [1.807, 2.05) is 0 Å². The topological polar surface area (TPSA) is 20.2 Å². The van der Waals surface area contributed by atoms with Gasteiger partial charge in [0.25, 0.3) is 0 Å². The number of benzene rings is 1. The van der Waals surface area contributed by atoms with Crippen LogP contribution in [0.25, 0.3) is 0 Å². The lowest BCUT2D eigenvalue weighted by Gasteiger charge is -2.29. The third kappa shape index (κ3) is 5.47. The van der Waals surface area contributed by atoms with Crippen molar-refractivity contribution >= 4 is 0 Å². The van der Waals surface area contributed by atoms with Gasteiger partial charge in [-0.1, -0.05) is 56.9 Å². The van der Waals surface area contributed by atoms with Gasteiger partial charge in [-0.25, -0.2) is 0 Å². The van der Waals surface area contributed by atoms with E-state index in [9.17, 15) is 0 Å². The van der Waals surface area contributed by atoms with Crippen molar-refractivity contribution in [3.05, 3.63) is 35.4 Å². The Hall–Kier alpha value is -0.820. The highest BCUT2D eigenvalue weighted by Crippen LogP contribution is 2.37. The summed E-state index contributed by atoms with van der Waals surface area (Å²) in [6.45, 7) is 2.59. The van der Waals surface area contributed by atoms with Crippen LogP contribution in [-0.2, 0) is 6.42 Å². The van der Waals surface area contributed by atoms with Crippen molar-refractivity contribution in [1.29, 1.82) is 0 Å². The third-order valence-electron chi connectivity index (χ3n) is 5.14. The van der Waals surface area contributed by atoms with E-state index in [1.165, 1.54) is 62.5 Å². The monoisotopic (exact) mass is 288 g/mol. The highest BCUT2D eigenvalue weighted by Gasteiger charge is 2.21. The van der Waals surface area contributed by atoms with Crippen LogP contribution in [-0.4, -0.2) is 11.7 Å². The van der Waals surface area contributed by atoms with Crippen molar-refractivity contribution in [2.45, 2.75) is 77.0 Å². The molecule has 1 saturated carbocycles. The van der Waals surface area contributed by atoms with Gasteiger partial charge in [-0.15, -0.1) is 0 Å². The Morgan fingerprint density at radius 1 is 0.952 bits per heavy atom. The molecular formula is C20H32O. The van der Waals surface area contributed by atoms with E-state index in [1.54, 1.807) is 0 Å². The van der Waals surface area contributed by atoms with Gasteiger partial charge < -0.3 is 5.11 Å². The Morgan fingerprint density at radius 3 is 2.29 bits per heavy atom. The number of hydrogen-bond donors (Lipinski definition) is 1. The normalized spacial score (nSPS) is 22.4. The first-order valence-electron chi connectivity index (χ1n) is 9.03. The summed E-state index contributed by atoms with van der Waals surface area (Å²) in [5.74, 6) is 1.79. The summed E-state index contributed by atoms with van der Waals surface area (Å²) in [7, 11) is 0. The van der Waals surface area contributed by atoms with Crippen LogP contribution in [0.2, 0.25) is 0 Å². The summed E-state index contributed by atoms with van der Waals surface area (Å²) >= 11 is 0. The van der Waals surface area contributed by atoms with Crippen molar-refractivity contribution in [2.24, 2.45) is 5.92 Å². The summed E-state index contributed by atoms with van der Waals surface area (Å²) in [5.41, 5.74) is 2.90. The van der Waals surface area contributed by atoms with Gasteiger partial charge in [0.2, 0.25) is 0 Å². The Kier molecular flexibility index (Phi) is 7.29. The SMILES string of the molecule is CCCCCC1CCC(c2ccc(CCCO)cc2)CC1. The molecule has 1 aromatic rings. The molecule has 0 heterocycles. The Labute approximate surface area is 130 Å². The average molecular weight is 288 g/mol. The highest BCUT2D eigenvalue weighted by atomic mass is 16.2. The summed E-state index contributed by atoms with van der Waals surface area (Å²) in [5, 5.41) is 8.89. The largest absolute Gasteiger partial charge is 0.396 e. The molecule has 0 amide bonds. The van der Waals surface area contributed by atoms with Gasteiger partial charge in [-0.05, 0) is 61.5 Å². The molecule has 0 spiro atoms. The minimum atomic E-state index is 0.295. The maximum absolute atomic E-state index is 8.89. The first-order valence-corrected chi connectivity index (χ1v) is 9.03. The predicted molar refractivity (Wildman–Crippen MR) is 90.7 cm³/mol. The minimum absolute atomic E-state index is 0.295. The van der Waals surface area contributed by atoms with E-state index < -0.39 is 0 Å². The first kappa shape index (κ1) is 16.5. The van der Waals surface area contributed by atoms with Crippen LogP contribution in [0.5, 0.6) is 0 Å². The van der Waals surface area contributed by atoms with Gasteiger partial charge in [-0.2, -0.15) is 0 Å². The van der Waals surface area contributed by atoms with E-state index in [0.717, 1.165) is 24.7 Å². The van der Waals surface area contributed by atoms with Crippen LogP contribution < -0.4 is 0 Å². The molecule has 1 aromatic carbocycles. The zero-order valence-corrected chi connectivity index (χ0v) is 13.7. The molecule has 0 saturated heterocycles. The summed E-state index contributed by atoms with van der Waals surface area (Å²) in [4.78, 5) is 0. The Bertz CT molecular complexity index is 373. The molecule has 0 bridgehead atoms. The smallest absolute Gasteiger partial charge is 0.0434 e. The number of aryl methyl sites for hydroxylation is 1. The molecule has 0 aromatic heterocycles. The molecule has 1 fully saturated rings. The van der Waals surface area contributed by atoms with Crippen molar-refractivity contribution in [3.63, 3.8) is 0 Å². The van der Waals surface area contributed by atoms with Gasteiger partial charge >= 0.3 is 0 Å². The molecule has 1 nitrogen and oxygen atoms in total. The molecule has 0 atom stereocenters. The molecular weight excluding hydrogens is 256 g/mol. The number of aliphatic hydroxyl groups is 1. The number of rotatable bonds is 8. The average Bonchev–Trinajstić information content (AvgIpc) is 2.54. The lowest BCUT2D eigenvalue weighted by atomic mass is 9.77. The van der Waals surface area contributed by atoms with E-state index in [4.69, 9.17) is 5.11 Å². The number of aliphatic hydroxyl groups excluding tert-OH is 1. The highest BCUT2D eigenvalue weighted by molar-refractivity contribution is 5.25. The van der Waals surface area contributed by atoms with Crippen LogP contribution in [0.15, 0.2) is 24.3 Å². The van der Waals surface area contributed by atoms with Crippen LogP contribution in [0.1, 0.15) is 81.8 Å². The molecule has 1 heteroatoms. The van der Waals surface area contributed by atoms with Crippen LogP contribution in [0, 0.1) is 5.92 Å². The molecule has 2 rings (SSSR count). The van der Waals surface area contributed by atoms with Gasteiger partial charge in [0.15, 0.2) is 0 Å². The van der Waals surface area contributed by atoms with Crippen LogP contribution >= 0.6 is 0 Å². The van der Waals surface area contributed by atoms with Gasteiger partial charge in [0, 0.05) is 6.61 Å². The maximum Gasteiger partial charge on any atom is 0.0434 e. The molecule has 0 radical (unpaired) electrons. The maximum atomic E-state index is 8.89. The van der Waals surface area contributed by atoms with Gasteiger partial charge in [0.1, 0.15) is 0 Å². The second-order valence-electron chi connectivity index (χ2n) is 6.78. The van der Waals surface area contributed by atoms with E-state index in [-0.39, 0.29) is 0 Å². The first-order chi connectivity index (χ1) is 10.3. The number of hydrogen-bond acceptors (Lipinski definition) is 1. The van der Waals surface area contributed by atoms with E-state index in [0.29, 0.717) is 6.61 Å². The molecule has 1 aliphatic rings. The zero-order valence-electron chi connectivity index (χ0n) is 13.7. The molecule has 1 aliphatic carbocycles. The third-order valence-corrected chi connectivity index (χ3v) is 5.14. The fourth-order valence-electron chi connectivity index (χ4n) is 3.71. The van der Waals surface area contributed by atoms with Crippen molar-refractivity contribution in [1.82, 2.24) is 0 Å². The van der Waals surface area contributed by atoms with E-state index in [2.05, 4.69) is 31.2 Å². The van der Waals surface area contributed by atoms with Crippen molar-refractivity contribution < 1.29 is 5.11 Å². The van der Waals surface area contributed by atoms with Crippen LogP contribution in [0.3, 0.4) is 0 Å². The quantitative estimate of drug-likeness (QED) is 0.629. The standard InChI is InChI=1S/C20H32O/c1-2-3-4-6-17-8-12-19(13-9-17)20-14-10-18(11-15-20)7-5-16-21/h10-11,14-15,17,19,21H,2-9,12-13,16H2,1H3. The van der Waals surface area contributed by atoms with Gasteiger partial charge in [-0.3, -0.25) is 0 Å². The summed E-state index contributed by atoms with van der Waals surface area (Å²) < 4.78 is 0. The zero-order chi connectivity index (χ0) is 14.9. The fourth-order valence-corrected chi connectivity index (χ4v) is 3.71. The second kappa shape index (κ2) is 9.25. The summed E-state index contributed by atoms with van der Waals surface area (Å²) in [6, 6.07) is 9.18. The van der Waals surface area contributed by atoms with Crippen molar-refractivity contribution in [3.8, 4) is 0 Å². The molecule has 1 N–H and O–H groups in total. The predicted octanol–water partition coefficient (Wildman–Crippen LogP) is 5.47. The van der Waals surface area contributed by atoms with Crippen LogP contribution in [0.4, 0.5) is 0 Å². The Balaban J connectivity index is 1.76. The lowest BCUT2D eigenvalue weighted by Crippen LogP contribution is -2.13. The fraction of sp³-hybridized carbons (Fsp3) is 0.700. The summed E-state index contributed by atoms with van der Waals surface area (Å²) in [6.07, 6.45) is 13.2. The number of unbranched alkanes of at least 4 members (excludes halogenated alkanes) is 2. The van der Waals surface area contributed by atoms with Crippen molar-refractivity contribution in [2.75, 3.05) is 6.61 Å². The minimum Gasteiger partial charge on any atom is -0.396 e. The molecule has 118 valence electrons. The van der Waals surface area contributed by atoms with Gasteiger partial charge in [0.05, 0.1) is 0 Å². The molecule has 21 heavy (non-hydrogen) atoms. The second-order valence-corrected chi connectivity index (χ2v) is 6.78.